The number of halogens is 3. The number of hydrogen-bond donors (Lipinski definition) is 1. The first-order chi connectivity index (χ1) is 15.3. The van der Waals surface area contributed by atoms with E-state index in [9.17, 15) is 18.0 Å². The third kappa shape index (κ3) is 4.75. The molecule has 2 heterocycles. The Kier molecular flexibility index (Phi) is 5.86. The van der Waals surface area contributed by atoms with E-state index in [1.165, 1.54) is 6.33 Å². The molecule has 6 nitrogen and oxygen atoms in total. The highest BCUT2D eigenvalue weighted by Crippen LogP contribution is 2.29. The van der Waals surface area contributed by atoms with Gasteiger partial charge in [0.15, 0.2) is 0 Å². The standard InChI is InChI=1S/C23H19F3N4O2/c1-2-15-4-3-5-16(12-15)29-21-19-13-18(6-7-20(19)27-14-28-21)32-17-8-10-30(11-9-17)22(31)23(24,25)26/h1,3-7,12-14,17H,8-11H2,(H,27,28,29). The number of likely N-dealkylation sites (tertiary alicyclic amines) is 1. The van der Waals surface area contributed by atoms with E-state index in [0.717, 1.165) is 21.5 Å². The molecule has 0 saturated carbocycles. The Morgan fingerprint density at radius 3 is 2.66 bits per heavy atom. The molecule has 0 radical (unpaired) electrons. The fourth-order valence-corrected chi connectivity index (χ4v) is 3.58. The number of carbonyl (C=O) groups is 1. The zero-order chi connectivity index (χ0) is 22.7. The summed E-state index contributed by atoms with van der Waals surface area (Å²) in [4.78, 5) is 20.8. The number of carbonyl (C=O) groups excluding carboxylic acids is 1. The second-order valence-electron chi connectivity index (χ2n) is 7.36. The zero-order valence-corrected chi connectivity index (χ0v) is 16.9. The van der Waals surface area contributed by atoms with Gasteiger partial charge in [-0.05, 0) is 36.4 Å². The van der Waals surface area contributed by atoms with E-state index < -0.39 is 12.1 Å². The number of nitrogens with zero attached hydrogens (tertiary/aromatic N) is 3. The number of amides is 1. The van der Waals surface area contributed by atoms with E-state index >= 15 is 0 Å². The molecule has 1 fully saturated rings. The summed E-state index contributed by atoms with van der Waals surface area (Å²) in [5.74, 6) is 1.90. The zero-order valence-electron chi connectivity index (χ0n) is 16.9. The summed E-state index contributed by atoms with van der Waals surface area (Å²) in [6.07, 6.45) is 2.39. The Morgan fingerprint density at radius 2 is 1.94 bits per heavy atom. The van der Waals surface area contributed by atoms with Crippen molar-refractivity contribution < 1.29 is 22.7 Å². The Hall–Kier alpha value is -3.80. The molecule has 1 aliphatic rings. The smallest absolute Gasteiger partial charge is 0.471 e. The average Bonchev–Trinajstić information content (AvgIpc) is 2.79. The molecule has 0 unspecified atom stereocenters. The molecule has 0 spiro atoms. The van der Waals surface area contributed by atoms with Crippen molar-refractivity contribution in [3.8, 4) is 18.1 Å². The third-order valence-corrected chi connectivity index (χ3v) is 5.17. The SMILES string of the molecule is C#Cc1cccc(Nc2ncnc3ccc(OC4CCN(C(=O)C(F)(F)F)CC4)cc23)c1. The number of aromatic nitrogens is 2. The minimum Gasteiger partial charge on any atom is -0.490 e. The van der Waals surface area contributed by atoms with Crippen LogP contribution in [0.2, 0.25) is 0 Å². The minimum absolute atomic E-state index is 0.00196. The first-order valence-corrected chi connectivity index (χ1v) is 9.95. The number of hydrogen-bond acceptors (Lipinski definition) is 5. The van der Waals surface area contributed by atoms with Gasteiger partial charge in [-0.1, -0.05) is 12.0 Å². The predicted octanol–water partition coefficient (Wildman–Crippen LogP) is 4.29. The molecule has 32 heavy (non-hydrogen) atoms. The first-order valence-electron chi connectivity index (χ1n) is 9.95. The number of ether oxygens (including phenoxy) is 1. The van der Waals surface area contributed by atoms with Crippen LogP contribution in [0.25, 0.3) is 10.9 Å². The van der Waals surface area contributed by atoms with E-state index in [-0.39, 0.29) is 19.2 Å². The van der Waals surface area contributed by atoms with E-state index in [2.05, 4.69) is 21.2 Å². The Morgan fingerprint density at radius 1 is 1.16 bits per heavy atom. The monoisotopic (exact) mass is 440 g/mol. The van der Waals surface area contributed by atoms with Gasteiger partial charge in [0, 0.05) is 42.6 Å². The molecule has 1 N–H and O–H groups in total. The Bertz CT molecular complexity index is 1180. The summed E-state index contributed by atoms with van der Waals surface area (Å²) in [5.41, 5.74) is 2.20. The lowest BCUT2D eigenvalue weighted by atomic mass is 10.1. The van der Waals surface area contributed by atoms with Gasteiger partial charge < -0.3 is 15.0 Å². The Balaban J connectivity index is 1.48. The summed E-state index contributed by atoms with van der Waals surface area (Å²) in [5, 5.41) is 3.95. The number of terminal acetylenes is 1. The summed E-state index contributed by atoms with van der Waals surface area (Å²) in [7, 11) is 0. The minimum atomic E-state index is -4.85. The fraction of sp³-hybridized carbons (Fsp3) is 0.261. The molecular formula is C23H19F3N4O2. The second-order valence-corrected chi connectivity index (χ2v) is 7.36. The van der Waals surface area contributed by atoms with Crippen molar-refractivity contribution in [2.24, 2.45) is 0 Å². The molecule has 1 aromatic heterocycles. The van der Waals surface area contributed by atoms with Crippen LogP contribution in [0.5, 0.6) is 5.75 Å². The topological polar surface area (TPSA) is 67.4 Å². The van der Waals surface area contributed by atoms with Crippen LogP contribution in [0.1, 0.15) is 18.4 Å². The maximum absolute atomic E-state index is 12.6. The molecule has 1 saturated heterocycles. The average molecular weight is 440 g/mol. The van der Waals surface area contributed by atoms with E-state index in [1.54, 1.807) is 18.2 Å². The van der Waals surface area contributed by atoms with E-state index in [4.69, 9.17) is 11.2 Å². The van der Waals surface area contributed by atoms with Crippen LogP contribution in [-0.4, -0.2) is 46.1 Å². The number of benzene rings is 2. The number of anilines is 2. The molecular weight excluding hydrogens is 421 g/mol. The number of nitrogens with one attached hydrogen (secondary N) is 1. The van der Waals surface area contributed by atoms with Crippen LogP contribution in [-0.2, 0) is 4.79 Å². The molecule has 9 heteroatoms. The highest BCUT2D eigenvalue weighted by Gasteiger charge is 2.43. The van der Waals surface area contributed by atoms with Crippen LogP contribution in [0, 0.1) is 12.3 Å². The molecule has 1 amide bonds. The molecule has 0 aliphatic carbocycles. The molecule has 2 aromatic carbocycles. The highest BCUT2D eigenvalue weighted by molar-refractivity contribution is 5.91. The van der Waals surface area contributed by atoms with Gasteiger partial charge in [0.05, 0.1) is 5.52 Å². The number of piperidine rings is 1. The van der Waals surface area contributed by atoms with Gasteiger partial charge in [-0.15, -0.1) is 6.42 Å². The van der Waals surface area contributed by atoms with Crippen LogP contribution >= 0.6 is 0 Å². The lowest BCUT2D eigenvalue weighted by Crippen LogP contribution is -2.47. The van der Waals surface area contributed by atoms with Gasteiger partial charge in [-0.25, -0.2) is 9.97 Å². The summed E-state index contributed by atoms with van der Waals surface area (Å²) >= 11 is 0. The van der Waals surface area contributed by atoms with Gasteiger partial charge in [-0.2, -0.15) is 13.2 Å². The van der Waals surface area contributed by atoms with Crippen molar-refractivity contribution >= 4 is 28.3 Å². The predicted molar refractivity (Wildman–Crippen MR) is 113 cm³/mol. The van der Waals surface area contributed by atoms with Crippen LogP contribution in [0.3, 0.4) is 0 Å². The molecule has 3 aromatic rings. The van der Waals surface area contributed by atoms with Gasteiger partial charge in [0.1, 0.15) is 24.0 Å². The Labute approximate surface area is 182 Å². The van der Waals surface area contributed by atoms with Crippen molar-refractivity contribution in [3.63, 3.8) is 0 Å². The number of rotatable bonds is 4. The molecule has 164 valence electrons. The lowest BCUT2D eigenvalue weighted by Gasteiger charge is -2.32. The summed E-state index contributed by atoms with van der Waals surface area (Å²) in [6.45, 7) is -0.00392. The van der Waals surface area contributed by atoms with Crippen molar-refractivity contribution in [2.45, 2.75) is 25.1 Å². The maximum atomic E-state index is 12.6. The van der Waals surface area contributed by atoms with Crippen LogP contribution < -0.4 is 10.1 Å². The second kappa shape index (κ2) is 8.75. The number of alkyl halides is 3. The number of fused-ring (bicyclic) bond motifs is 1. The highest BCUT2D eigenvalue weighted by atomic mass is 19.4. The third-order valence-electron chi connectivity index (χ3n) is 5.17. The lowest BCUT2D eigenvalue weighted by molar-refractivity contribution is -0.187. The molecule has 1 aliphatic heterocycles. The van der Waals surface area contributed by atoms with Crippen LogP contribution in [0.4, 0.5) is 24.7 Å². The van der Waals surface area contributed by atoms with Crippen molar-refractivity contribution in [1.82, 2.24) is 14.9 Å². The van der Waals surface area contributed by atoms with Gasteiger partial charge in [0.2, 0.25) is 0 Å². The summed E-state index contributed by atoms with van der Waals surface area (Å²) < 4.78 is 43.8. The largest absolute Gasteiger partial charge is 0.490 e. The van der Waals surface area contributed by atoms with E-state index in [0.29, 0.717) is 29.9 Å². The quantitative estimate of drug-likeness (QED) is 0.614. The summed E-state index contributed by atoms with van der Waals surface area (Å²) in [6, 6.07) is 12.7. The first kappa shape index (κ1) is 21.4. The van der Waals surface area contributed by atoms with Crippen molar-refractivity contribution in [2.75, 3.05) is 18.4 Å². The molecule has 4 rings (SSSR count). The molecule has 0 bridgehead atoms. The van der Waals surface area contributed by atoms with Crippen molar-refractivity contribution in [3.05, 3.63) is 54.4 Å². The normalized spacial score (nSPS) is 14.8. The van der Waals surface area contributed by atoms with Crippen molar-refractivity contribution in [1.29, 1.82) is 0 Å². The van der Waals surface area contributed by atoms with Gasteiger partial charge >= 0.3 is 12.1 Å². The van der Waals surface area contributed by atoms with Crippen LogP contribution in [0.15, 0.2) is 48.8 Å². The van der Waals surface area contributed by atoms with Gasteiger partial charge in [-0.3, -0.25) is 4.79 Å². The van der Waals surface area contributed by atoms with E-state index in [1.807, 2.05) is 24.3 Å². The maximum Gasteiger partial charge on any atom is 0.471 e. The molecule has 0 atom stereocenters. The fourth-order valence-electron chi connectivity index (χ4n) is 3.58. The van der Waals surface area contributed by atoms with Gasteiger partial charge in [0.25, 0.3) is 0 Å².